The summed E-state index contributed by atoms with van der Waals surface area (Å²) in [5.74, 6) is -2.04. The highest BCUT2D eigenvalue weighted by atomic mass is 32.1. The van der Waals surface area contributed by atoms with Crippen molar-refractivity contribution in [1.29, 1.82) is 0 Å². The summed E-state index contributed by atoms with van der Waals surface area (Å²) >= 11 is 1.36. The lowest BCUT2D eigenvalue weighted by Crippen LogP contribution is -2.38. The zero-order valence-corrected chi connectivity index (χ0v) is 20.9. The lowest BCUT2D eigenvalue weighted by atomic mass is 9.90. The molecular formula is C28H26N2O5S. The van der Waals surface area contributed by atoms with Gasteiger partial charge in [-0.1, -0.05) is 48.5 Å². The van der Waals surface area contributed by atoms with Crippen molar-refractivity contribution in [1.82, 2.24) is 0 Å². The quantitative estimate of drug-likeness (QED) is 0.378. The molecule has 0 bridgehead atoms. The summed E-state index contributed by atoms with van der Waals surface area (Å²) in [6.45, 7) is 1.98. The fraction of sp³-hybridized carbons (Fsp3) is 0.321. The Morgan fingerprint density at radius 2 is 1.72 bits per heavy atom. The summed E-state index contributed by atoms with van der Waals surface area (Å²) in [5, 5.41) is 2.09. The van der Waals surface area contributed by atoms with Crippen molar-refractivity contribution >= 4 is 39.8 Å². The minimum atomic E-state index is -0.980. The fourth-order valence-electron chi connectivity index (χ4n) is 5.65. The van der Waals surface area contributed by atoms with Gasteiger partial charge in [0.1, 0.15) is 10.9 Å². The predicted molar refractivity (Wildman–Crippen MR) is 136 cm³/mol. The normalized spacial score (nSPS) is 23.1. The molecule has 1 aromatic heterocycles. The van der Waals surface area contributed by atoms with Crippen LogP contribution < -0.4 is 9.96 Å². The Morgan fingerprint density at radius 1 is 1.00 bits per heavy atom. The zero-order valence-electron chi connectivity index (χ0n) is 20.1. The molecule has 3 heterocycles. The van der Waals surface area contributed by atoms with Crippen LogP contribution in [0.25, 0.3) is 0 Å². The number of imide groups is 1. The number of methoxy groups -OCH3 is 1. The number of thiophene rings is 1. The summed E-state index contributed by atoms with van der Waals surface area (Å²) in [5.41, 5.74) is 3.94. The molecule has 0 saturated carbocycles. The van der Waals surface area contributed by atoms with Crippen molar-refractivity contribution in [3.05, 3.63) is 81.7 Å². The van der Waals surface area contributed by atoms with Gasteiger partial charge in [-0.15, -0.1) is 11.3 Å². The van der Waals surface area contributed by atoms with Crippen molar-refractivity contribution in [2.45, 2.75) is 44.8 Å². The molecule has 3 aromatic rings. The number of amides is 2. The number of hydrogen-bond donors (Lipinski definition) is 0. The molecule has 0 spiro atoms. The molecule has 36 heavy (non-hydrogen) atoms. The first kappa shape index (κ1) is 22.9. The number of nitrogens with zero attached hydrogens (tertiary/aromatic N) is 2. The summed E-state index contributed by atoms with van der Waals surface area (Å²) in [6, 6.07) is 16.9. The van der Waals surface area contributed by atoms with Crippen LogP contribution >= 0.6 is 11.3 Å². The van der Waals surface area contributed by atoms with Gasteiger partial charge in [0.15, 0.2) is 6.10 Å². The highest BCUT2D eigenvalue weighted by Gasteiger charge is 2.61. The molecule has 2 fully saturated rings. The average molecular weight is 503 g/mol. The van der Waals surface area contributed by atoms with Gasteiger partial charge >= 0.3 is 5.97 Å². The van der Waals surface area contributed by atoms with Gasteiger partial charge in [0.2, 0.25) is 5.91 Å². The van der Waals surface area contributed by atoms with Crippen molar-refractivity contribution in [2.24, 2.45) is 5.92 Å². The van der Waals surface area contributed by atoms with E-state index in [1.54, 1.807) is 5.06 Å². The maximum absolute atomic E-state index is 14.1. The van der Waals surface area contributed by atoms with Crippen molar-refractivity contribution in [2.75, 3.05) is 17.1 Å². The first-order valence-corrected chi connectivity index (χ1v) is 13.0. The molecular weight excluding hydrogens is 476 g/mol. The van der Waals surface area contributed by atoms with Crippen LogP contribution in [0.1, 0.15) is 50.8 Å². The summed E-state index contributed by atoms with van der Waals surface area (Å²) in [4.78, 5) is 49.3. The molecule has 0 unspecified atom stereocenters. The molecule has 0 N–H and O–H groups in total. The number of para-hydroxylation sites is 1. The third-order valence-corrected chi connectivity index (χ3v) is 8.63. The third kappa shape index (κ3) is 3.39. The molecule has 6 rings (SSSR count). The molecule has 2 aromatic carbocycles. The Labute approximate surface area is 213 Å². The maximum atomic E-state index is 14.1. The molecule has 2 aliphatic heterocycles. The van der Waals surface area contributed by atoms with Crippen LogP contribution in [0, 0.1) is 12.8 Å². The first-order valence-electron chi connectivity index (χ1n) is 12.2. The Balaban J connectivity index is 1.46. The number of fused-ring (bicyclic) bond motifs is 2. The van der Waals surface area contributed by atoms with E-state index < -0.39 is 29.9 Å². The van der Waals surface area contributed by atoms with Gasteiger partial charge in [0, 0.05) is 4.88 Å². The molecule has 0 radical (unpaired) electrons. The molecule has 2 amide bonds. The van der Waals surface area contributed by atoms with Crippen LogP contribution in [0.3, 0.4) is 0 Å². The molecule has 3 atom stereocenters. The molecule has 8 heteroatoms. The van der Waals surface area contributed by atoms with Gasteiger partial charge in [0.25, 0.3) is 5.91 Å². The van der Waals surface area contributed by atoms with E-state index >= 15 is 0 Å². The summed E-state index contributed by atoms with van der Waals surface area (Å²) < 4.78 is 5.08. The number of carbonyl (C=O) groups excluding carboxylic acids is 3. The van der Waals surface area contributed by atoms with Crippen LogP contribution in [-0.2, 0) is 32.0 Å². The average Bonchev–Trinajstić information content (AvgIpc) is 3.54. The second-order valence-corrected chi connectivity index (χ2v) is 10.5. The van der Waals surface area contributed by atoms with Gasteiger partial charge in [-0.2, -0.15) is 0 Å². The number of aryl methyl sites for hydroxylation is 2. The Hall–Kier alpha value is -3.49. The van der Waals surface area contributed by atoms with Crippen LogP contribution in [0.2, 0.25) is 0 Å². The molecule has 2 saturated heterocycles. The van der Waals surface area contributed by atoms with E-state index in [4.69, 9.17) is 9.57 Å². The van der Waals surface area contributed by atoms with Crippen LogP contribution in [0.15, 0.2) is 54.6 Å². The van der Waals surface area contributed by atoms with Gasteiger partial charge in [0.05, 0.1) is 24.4 Å². The topological polar surface area (TPSA) is 76.2 Å². The minimum Gasteiger partial charge on any atom is -0.465 e. The largest absolute Gasteiger partial charge is 0.465 e. The van der Waals surface area contributed by atoms with E-state index in [0.29, 0.717) is 10.6 Å². The van der Waals surface area contributed by atoms with Gasteiger partial charge in [-0.25, -0.2) is 14.8 Å². The minimum absolute atomic E-state index is 0.348. The fourth-order valence-corrected chi connectivity index (χ4v) is 7.03. The third-order valence-electron chi connectivity index (χ3n) is 7.35. The van der Waals surface area contributed by atoms with Crippen molar-refractivity contribution < 1.29 is 24.0 Å². The number of hydrogen-bond acceptors (Lipinski definition) is 7. The van der Waals surface area contributed by atoms with E-state index in [1.165, 1.54) is 23.3 Å². The summed E-state index contributed by atoms with van der Waals surface area (Å²) in [6.07, 6.45) is 2.57. The second kappa shape index (κ2) is 8.87. The number of carbonyl (C=O) groups is 3. The smallest absolute Gasteiger partial charge is 0.341 e. The Kier molecular flexibility index (Phi) is 5.65. The Bertz CT molecular complexity index is 1370. The number of hydroxylamine groups is 1. The van der Waals surface area contributed by atoms with Crippen molar-refractivity contribution in [3.8, 4) is 0 Å². The zero-order chi connectivity index (χ0) is 25.0. The number of rotatable bonds is 4. The van der Waals surface area contributed by atoms with E-state index in [2.05, 4.69) is 0 Å². The number of anilines is 2. The van der Waals surface area contributed by atoms with E-state index in [-0.39, 0.29) is 5.91 Å². The lowest BCUT2D eigenvalue weighted by molar-refractivity contribution is -0.126. The standard InChI is InChI=1S/C28H26N2O5S/c1-16-10-6-8-14-19(16)30-23(17-11-4-3-5-12-17)22-24(35-30)26(32)29(25(22)31)27-21(28(33)34-2)18-13-7-9-15-20(18)36-27/h3-6,8,10-12,14,22-24H,7,9,13,15H2,1-2H3/t22-,23-,24-/m1/s1. The molecule has 3 aliphatic rings. The predicted octanol–water partition coefficient (Wildman–Crippen LogP) is 4.77. The maximum Gasteiger partial charge on any atom is 0.341 e. The number of esters is 1. The second-order valence-electron chi connectivity index (χ2n) is 9.41. The van der Waals surface area contributed by atoms with Gasteiger partial charge in [-0.3, -0.25) is 14.4 Å². The highest BCUT2D eigenvalue weighted by molar-refractivity contribution is 7.17. The number of ether oxygens (including phenoxy) is 1. The SMILES string of the molecule is COC(=O)c1c(N2C(=O)[C@@H]3[C@@H](c4ccccc4)N(c4ccccc4C)O[C@H]3C2=O)sc2c1CCCC2. The van der Waals surface area contributed by atoms with E-state index in [9.17, 15) is 14.4 Å². The monoisotopic (exact) mass is 502 g/mol. The van der Waals surface area contributed by atoms with E-state index in [0.717, 1.165) is 52.9 Å². The van der Waals surface area contributed by atoms with Crippen LogP contribution in [-0.4, -0.2) is 31.0 Å². The van der Waals surface area contributed by atoms with Crippen molar-refractivity contribution in [3.63, 3.8) is 0 Å². The molecule has 1 aliphatic carbocycles. The van der Waals surface area contributed by atoms with Crippen LogP contribution in [0.4, 0.5) is 10.7 Å². The first-order chi connectivity index (χ1) is 17.5. The lowest BCUT2D eigenvalue weighted by Gasteiger charge is -2.29. The van der Waals surface area contributed by atoms with Crippen LogP contribution in [0.5, 0.6) is 0 Å². The molecule has 7 nitrogen and oxygen atoms in total. The number of benzene rings is 2. The van der Waals surface area contributed by atoms with Gasteiger partial charge in [-0.05, 0) is 55.4 Å². The van der Waals surface area contributed by atoms with Gasteiger partial charge < -0.3 is 4.74 Å². The molecule has 184 valence electrons. The Morgan fingerprint density at radius 3 is 2.47 bits per heavy atom. The highest BCUT2D eigenvalue weighted by Crippen LogP contribution is 2.50. The van der Waals surface area contributed by atoms with E-state index in [1.807, 2.05) is 61.5 Å². The summed E-state index contributed by atoms with van der Waals surface area (Å²) in [7, 11) is 1.33.